The molecule has 0 saturated carbocycles. The smallest absolute Gasteiger partial charge is 0.267 e. The number of rotatable bonds is 4. The van der Waals surface area contributed by atoms with Crippen LogP contribution in [0.2, 0.25) is 0 Å². The van der Waals surface area contributed by atoms with Gasteiger partial charge in [-0.25, -0.2) is 4.98 Å². The molecule has 164 valence electrons. The monoisotopic (exact) mass is 457 g/mol. The molecule has 0 radical (unpaired) electrons. The Bertz CT molecular complexity index is 1130. The van der Waals surface area contributed by atoms with Crippen molar-refractivity contribution in [1.82, 2.24) is 19.2 Å². The molecule has 0 aliphatic carbocycles. The molecule has 7 nitrogen and oxygen atoms in total. The predicted molar refractivity (Wildman–Crippen MR) is 131 cm³/mol. The normalized spacial score (nSPS) is 20.3. The zero-order chi connectivity index (χ0) is 22.3. The lowest BCUT2D eigenvalue weighted by Gasteiger charge is -2.34. The zero-order valence-electron chi connectivity index (χ0n) is 18.3. The van der Waals surface area contributed by atoms with Gasteiger partial charge >= 0.3 is 0 Å². The maximum atomic E-state index is 13.5. The number of hydrogen-bond acceptors (Lipinski definition) is 7. The molecular formula is C22H27N5O2S2. The summed E-state index contributed by atoms with van der Waals surface area (Å²) in [5, 5.41) is 0. The summed E-state index contributed by atoms with van der Waals surface area (Å²) in [7, 11) is 2.09. The van der Waals surface area contributed by atoms with E-state index in [-0.39, 0.29) is 17.5 Å². The average molecular weight is 458 g/mol. The van der Waals surface area contributed by atoms with Crippen molar-refractivity contribution in [2.75, 3.05) is 38.1 Å². The van der Waals surface area contributed by atoms with Crippen LogP contribution in [-0.2, 0) is 4.79 Å². The maximum absolute atomic E-state index is 13.5. The van der Waals surface area contributed by atoms with Gasteiger partial charge in [-0.15, -0.1) is 0 Å². The Morgan fingerprint density at radius 2 is 1.94 bits per heavy atom. The van der Waals surface area contributed by atoms with Crippen LogP contribution in [0, 0.1) is 6.92 Å². The molecule has 2 saturated heterocycles. The first kappa shape index (κ1) is 22.0. The Morgan fingerprint density at radius 1 is 1.23 bits per heavy atom. The fraction of sp³-hybridized carbons (Fsp3) is 0.455. The van der Waals surface area contributed by atoms with Crippen LogP contribution in [0.1, 0.15) is 31.4 Å². The van der Waals surface area contributed by atoms with E-state index in [9.17, 15) is 9.59 Å². The SMILES string of the molecule is CCC(C)N1C(=O)C(=Cc2c(N3CCN(C)CC3)nc3ccc(C)cn3c2=O)SC1=S. The molecule has 31 heavy (non-hydrogen) atoms. The molecule has 0 bridgehead atoms. The number of hydrogen-bond donors (Lipinski definition) is 0. The van der Waals surface area contributed by atoms with Gasteiger partial charge in [0.2, 0.25) is 0 Å². The van der Waals surface area contributed by atoms with Crippen molar-refractivity contribution in [2.45, 2.75) is 33.2 Å². The summed E-state index contributed by atoms with van der Waals surface area (Å²) >= 11 is 6.72. The second kappa shape index (κ2) is 8.72. The Balaban J connectivity index is 1.86. The van der Waals surface area contributed by atoms with E-state index < -0.39 is 0 Å². The van der Waals surface area contributed by atoms with Gasteiger partial charge in [-0.2, -0.15) is 0 Å². The van der Waals surface area contributed by atoms with E-state index in [1.807, 2.05) is 32.9 Å². The van der Waals surface area contributed by atoms with E-state index in [0.29, 0.717) is 26.3 Å². The largest absolute Gasteiger partial charge is 0.353 e. The summed E-state index contributed by atoms with van der Waals surface area (Å²) in [6, 6.07) is 3.84. The number of aromatic nitrogens is 2. The number of piperazine rings is 1. The first-order chi connectivity index (χ1) is 14.8. The summed E-state index contributed by atoms with van der Waals surface area (Å²) in [4.78, 5) is 38.0. The minimum Gasteiger partial charge on any atom is -0.353 e. The number of amides is 1. The van der Waals surface area contributed by atoms with Crippen LogP contribution in [0.4, 0.5) is 5.82 Å². The van der Waals surface area contributed by atoms with Crippen molar-refractivity contribution in [3.05, 3.63) is 44.7 Å². The third-order valence-corrected chi connectivity index (χ3v) is 7.25. The van der Waals surface area contributed by atoms with Crippen LogP contribution in [0.5, 0.6) is 0 Å². The van der Waals surface area contributed by atoms with Gasteiger partial charge in [0.05, 0.1) is 10.5 Å². The van der Waals surface area contributed by atoms with E-state index >= 15 is 0 Å². The number of pyridine rings is 1. The standard InChI is InChI=1S/C22H27N5O2S2/c1-5-15(3)27-21(29)17(31-22(27)30)12-16-19(25-10-8-24(4)9-11-25)23-18-7-6-14(2)13-26(18)20(16)28/h6-7,12-13,15H,5,8-11H2,1-4H3. The molecule has 2 aromatic heterocycles. The topological polar surface area (TPSA) is 61.2 Å². The van der Waals surface area contributed by atoms with Gasteiger partial charge in [0.1, 0.15) is 15.8 Å². The third-order valence-electron chi connectivity index (χ3n) is 5.92. The van der Waals surface area contributed by atoms with Gasteiger partial charge in [-0.1, -0.05) is 37.0 Å². The molecule has 4 rings (SSSR count). The van der Waals surface area contributed by atoms with Crippen molar-refractivity contribution in [3.63, 3.8) is 0 Å². The van der Waals surface area contributed by atoms with Gasteiger partial charge in [0.15, 0.2) is 0 Å². The quantitative estimate of drug-likeness (QED) is 0.517. The first-order valence-corrected chi connectivity index (χ1v) is 11.8. The molecular weight excluding hydrogens is 430 g/mol. The lowest BCUT2D eigenvalue weighted by atomic mass is 10.2. The molecule has 2 aliphatic rings. The third kappa shape index (κ3) is 4.14. The number of aryl methyl sites for hydroxylation is 1. The van der Waals surface area contributed by atoms with E-state index in [1.165, 1.54) is 11.8 Å². The van der Waals surface area contributed by atoms with E-state index in [1.54, 1.807) is 21.6 Å². The number of thioether (sulfide) groups is 1. The number of carbonyl (C=O) groups is 1. The fourth-order valence-corrected chi connectivity index (χ4v) is 5.25. The second-order valence-corrected chi connectivity index (χ2v) is 9.86. The van der Waals surface area contributed by atoms with Crippen LogP contribution in [0.3, 0.4) is 0 Å². The second-order valence-electron chi connectivity index (χ2n) is 8.19. The molecule has 0 N–H and O–H groups in total. The number of nitrogens with zero attached hydrogens (tertiary/aromatic N) is 5. The van der Waals surface area contributed by atoms with Crippen molar-refractivity contribution in [3.8, 4) is 0 Å². The molecule has 2 aliphatic heterocycles. The van der Waals surface area contributed by atoms with Crippen LogP contribution >= 0.6 is 24.0 Å². The molecule has 9 heteroatoms. The van der Waals surface area contributed by atoms with Gasteiger partial charge < -0.3 is 9.80 Å². The molecule has 0 aromatic carbocycles. The van der Waals surface area contributed by atoms with Gasteiger partial charge in [-0.3, -0.25) is 18.9 Å². The zero-order valence-corrected chi connectivity index (χ0v) is 19.9. The lowest BCUT2D eigenvalue weighted by Crippen LogP contribution is -2.45. The van der Waals surface area contributed by atoms with Crippen molar-refractivity contribution < 1.29 is 4.79 Å². The molecule has 1 amide bonds. The molecule has 0 spiro atoms. The van der Waals surface area contributed by atoms with Crippen molar-refractivity contribution in [2.24, 2.45) is 0 Å². The van der Waals surface area contributed by atoms with Crippen molar-refractivity contribution >= 4 is 51.7 Å². The molecule has 1 unspecified atom stereocenters. The minimum absolute atomic E-state index is 0.0222. The Morgan fingerprint density at radius 3 is 2.61 bits per heavy atom. The van der Waals surface area contributed by atoms with E-state index in [4.69, 9.17) is 17.2 Å². The van der Waals surface area contributed by atoms with Crippen LogP contribution in [0.25, 0.3) is 11.7 Å². The summed E-state index contributed by atoms with van der Waals surface area (Å²) in [5.41, 5.74) is 1.85. The predicted octanol–water partition coefficient (Wildman–Crippen LogP) is 2.75. The van der Waals surface area contributed by atoms with Gasteiger partial charge in [0.25, 0.3) is 11.5 Å². The van der Waals surface area contributed by atoms with Crippen molar-refractivity contribution in [1.29, 1.82) is 0 Å². The first-order valence-electron chi connectivity index (χ1n) is 10.5. The van der Waals surface area contributed by atoms with Crippen LogP contribution in [0.15, 0.2) is 28.0 Å². The fourth-order valence-electron chi connectivity index (χ4n) is 3.81. The minimum atomic E-state index is -0.170. The molecule has 4 heterocycles. The highest BCUT2D eigenvalue weighted by molar-refractivity contribution is 8.26. The summed E-state index contributed by atoms with van der Waals surface area (Å²) in [5.74, 6) is 0.498. The van der Waals surface area contributed by atoms with Gasteiger partial charge in [0, 0.05) is 38.4 Å². The van der Waals surface area contributed by atoms with E-state index in [0.717, 1.165) is 38.2 Å². The maximum Gasteiger partial charge on any atom is 0.267 e. The van der Waals surface area contributed by atoms with Crippen LogP contribution < -0.4 is 10.5 Å². The van der Waals surface area contributed by atoms with Crippen LogP contribution in [-0.4, -0.2) is 68.7 Å². The Kier molecular flexibility index (Phi) is 6.18. The number of anilines is 1. The molecule has 2 fully saturated rings. The summed E-state index contributed by atoms with van der Waals surface area (Å²) in [6.07, 6.45) is 4.30. The average Bonchev–Trinajstić information content (AvgIpc) is 3.03. The summed E-state index contributed by atoms with van der Waals surface area (Å²) in [6.45, 7) is 9.30. The Hall–Kier alpha value is -2.23. The van der Waals surface area contributed by atoms with E-state index in [2.05, 4.69) is 16.8 Å². The summed E-state index contributed by atoms with van der Waals surface area (Å²) < 4.78 is 2.10. The highest BCUT2D eigenvalue weighted by atomic mass is 32.2. The van der Waals surface area contributed by atoms with Gasteiger partial charge in [-0.05, 0) is 45.0 Å². The number of likely N-dealkylation sites (N-methyl/N-ethyl adjacent to an activating group) is 1. The molecule has 1 atom stereocenters. The lowest BCUT2D eigenvalue weighted by molar-refractivity contribution is -0.123. The molecule has 2 aromatic rings. The number of thiocarbonyl (C=S) groups is 1. The number of fused-ring (bicyclic) bond motifs is 1. The number of carbonyl (C=O) groups excluding carboxylic acids is 1. The highest BCUT2D eigenvalue weighted by Crippen LogP contribution is 2.35. The highest BCUT2D eigenvalue weighted by Gasteiger charge is 2.35. The Labute approximate surface area is 191 Å².